The number of rotatable bonds is 8. The van der Waals surface area contributed by atoms with E-state index in [1.165, 1.54) is 130 Å². The molecule has 0 heterocycles. The summed E-state index contributed by atoms with van der Waals surface area (Å²) in [7, 11) is 10.3. The standard InChI is InChI=1S/2C22H23.C4H7F3Si.2ClH.Zr/c2*1-16-9-11-19(12-10-16)21-8-4-7-20-14-18(15-22(20)21)13-17-5-2-3-6-17;1-8-3-2-4(5,6)7;;;/h2*4,7-12,14-15,17H,2-3,5-6,13H2,1H3;2-3H2,1H3;2*1H;/q2*-1;;;;+4/p-2. The number of halogens is 5. The Morgan fingerprint density at radius 3 is 1.35 bits per heavy atom. The second-order valence-electron chi connectivity index (χ2n) is 15.3. The van der Waals surface area contributed by atoms with Gasteiger partial charge in [-0.2, -0.15) is 25.3 Å². The van der Waals surface area contributed by atoms with Crippen molar-refractivity contribution in [3.63, 3.8) is 0 Å². The number of alkyl halides is 3. The fraction of sp³-hybridized carbons (Fsp3) is 0.375. The minimum absolute atomic E-state index is 0.281. The summed E-state index contributed by atoms with van der Waals surface area (Å²) in [6.45, 7) is 6.06. The third kappa shape index (κ3) is 13.6. The van der Waals surface area contributed by atoms with Gasteiger partial charge in [-0.3, -0.25) is 0 Å². The minimum atomic E-state index is -3.94. The molecule has 0 amide bonds. The molecular formula is C48H53Cl2F3SiZr. The van der Waals surface area contributed by atoms with Crippen LogP contribution in [-0.4, -0.2) is 15.7 Å². The normalized spacial score (nSPS) is 14.5. The van der Waals surface area contributed by atoms with Crippen molar-refractivity contribution < 1.29 is 34.0 Å². The van der Waals surface area contributed by atoms with Gasteiger partial charge in [0.2, 0.25) is 0 Å². The molecule has 7 heteroatoms. The summed E-state index contributed by atoms with van der Waals surface area (Å²) >= 11 is -0.826. The Bertz CT molecular complexity index is 1880. The quantitative estimate of drug-likeness (QED) is 0.106. The van der Waals surface area contributed by atoms with E-state index in [0.717, 1.165) is 11.8 Å². The van der Waals surface area contributed by atoms with E-state index >= 15 is 0 Å². The molecule has 0 unspecified atom stereocenters. The number of benzene rings is 4. The first-order valence-electron chi connectivity index (χ1n) is 19.7. The van der Waals surface area contributed by atoms with E-state index < -0.39 is 33.4 Å². The van der Waals surface area contributed by atoms with E-state index in [4.69, 9.17) is 17.0 Å². The van der Waals surface area contributed by atoms with Crippen LogP contribution in [0.5, 0.6) is 0 Å². The second-order valence-corrected chi connectivity index (χ2v) is 20.3. The zero-order valence-electron chi connectivity index (χ0n) is 32.4. The van der Waals surface area contributed by atoms with E-state index in [-0.39, 0.29) is 6.04 Å². The van der Waals surface area contributed by atoms with E-state index in [1.54, 1.807) is 6.55 Å². The zero-order valence-corrected chi connectivity index (χ0v) is 37.4. The maximum atomic E-state index is 11.2. The number of hydrogen-bond donors (Lipinski definition) is 0. The fourth-order valence-electron chi connectivity index (χ4n) is 8.16. The first kappa shape index (κ1) is 43.7. The molecule has 2 aliphatic carbocycles. The van der Waals surface area contributed by atoms with Crippen molar-refractivity contribution in [2.45, 2.75) is 103 Å². The zero-order chi connectivity index (χ0) is 39.2. The van der Waals surface area contributed by atoms with E-state index in [1.807, 2.05) is 0 Å². The van der Waals surface area contributed by atoms with Crippen LogP contribution in [0.1, 0.15) is 80.0 Å². The molecule has 0 N–H and O–H groups in total. The van der Waals surface area contributed by atoms with Crippen LogP contribution in [0.25, 0.3) is 43.8 Å². The molecule has 55 heavy (non-hydrogen) atoms. The van der Waals surface area contributed by atoms with Gasteiger partial charge in [0.15, 0.2) is 0 Å². The van der Waals surface area contributed by atoms with Crippen LogP contribution < -0.4 is 0 Å². The number of hydrogen-bond acceptors (Lipinski definition) is 0. The van der Waals surface area contributed by atoms with Crippen molar-refractivity contribution in [3.8, 4) is 22.3 Å². The molecule has 6 aromatic rings. The molecule has 2 aliphatic rings. The monoisotopic (exact) mass is 874 g/mol. The van der Waals surface area contributed by atoms with Gasteiger partial charge in [-0.25, -0.2) is 0 Å². The Morgan fingerprint density at radius 1 is 0.636 bits per heavy atom. The topological polar surface area (TPSA) is 0 Å². The van der Waals surface area contributed by atoms with Crippen molar-refractivity contribution in [1.29, 1.82) is 0 Å². The predicted molar refractivity (Wildman–Crippen MR) is 230 cm³/mol. The molecule has 2 radical (unpaired) electrons. The summed E-state index contributed by atoms with van der Waals surface area (Å²) in [5.74, 6) is 1.83. The van der Waals surface area contributed by atoms with Crippen LogP contribution in [0.3, 0.4) is 0 Å². The average molecular weight is 877 g/mol. The Labute approximate surface area is 348 Å². The van der Waals surface area contributed by atoms with Crippen LogP contribution >= 0.6 is 17.0 Å². The summed E-state index contributed by atoms with van der Waals surface area (Å²) in [4.78, 5) is 0. The molecular weight excluding hydrogens is 824 g/mol. The van der Waals surface area contributed by atoms with Gasteiger partial charge >= 0.3 is 44.1 Å². The van der Waals surface area contributed by atoms with Crippen molar-refractivity contribution in [2.24, 2.45) is 11.8 Å². The molecule has 2 saturated carbocycles. The van der Waals surface area contributed by atoms with Gasteiger partial charge in [0.1, 0.15) is 0 Å². The number of fused-ring (bicyclic) bond motifs is 2. The molecule has 0 spiro atoms. The van der Waals surface area contributed by atoms with Crippen LogP contribution in [0.4, 0.5) is 13.2 Å². The van der Waals surface area contributed by atoms with Gasteiger partial charge in [0.25, 0.3) is 0 Å². The Hall–Kier alpha value is -2.43. The molecule has 0 aromatic heterocycles. The molecule has 0 nitrogen and oxygen atoms in total. The average Bonchev–Trinajstić information content (AvgIpc) is 4.00. The van der Waals surface area contributed by atoms with Crippen molar-refractivity contribution in [1.82, 2.24) is 0 Å². The molecule has 8 rings (SSSR count). The van der Waals surface area contributed by atoms with Gasteiger partial charge in [-0.1, -0.05) is 147 Å². The van der Waals surface area contributed by atoms with E-state index in [9.17, 15) is 13.2 Å². The number of aryl methyl sites for hydroxylation is 2. The maximum absolute atomic E-state index is 11.2. The summed E-state index contributed by atoms with van der Waals surface area (Å²) in [6.07, 6.45) is 9.38. The summed E-state index contributed by atoms with van der Waals surface area (Å²) in [6, 6.07) is 41.2. The SMILES string of the molecule is C[Si]CCC(F)(F)F.Cc1ccc(-c2cccc3[cH-]c(CC4CCCC4)cc23)cc1.Cc1ccc(-c2cccc3[cH-]c(CC4CCCC4)cc23)cc1.[Cl][Zr+2][Cl]. The summed E-state index contributed by atoms with van der Waals surface area (Å²) < 4.78 is 33.7. The van der Waals surface area contributed by atoms with E-state index in [0.29, 0.717) is 9.52 Å². The molecule has 288 valence electrons. The Kier molecular flexibility index (Phi) is 17.4. The molecule has 2 fully saturated rings. The third-order valence-electron chi connectivity index (χ3n) is 11.0. The summed E-state index contributed by atoms with van der Waals surface area (Å²) in [5.41, 5.74) is 11.1. The van der Waals surface area contributed by atoms with Crippen LogP contribution in [0.15, 0.2) is 109 Å². The van der Waals surface area contributed by atoms with Crippen molar-refractivity contribution >= 4 is 48.1 Å². The van der Waals surface area contributed by atoms with Gasteiger partial charge in [0, 0.05) is 15.9 Å². The first-order valence-corrected chi connectivity index (χ1v) is 27.8. The predicted octanol–water partition coefficient (Wildman–Crippen LogP) is 16.0. The van der Waals surface area contributed by atoms with Crippen molar-refractivity contribution in [2.75, 3.05) is 0 Å². The van der Waals surface area contributed by atoms with Crippen molar-refractivity contribution in [3.05, 3.63) is 131 Å². The Balaban J connectivity index is 0.000000167. The van der Waals surface area contributed by atoms with Crippen LogP contribution in [0, 0.1) is 25.7 Å². The van der Waals surface area contributed by atoms with E-state index in [2.05, 4.69) is 123 Å². The van der Waals surface area contributed by atoms with Gasteiger partial charge in [-0.05, 0) is 49.7 Å². The molecule has 0 atom stereocenters. The van der Waals surface area contributed by atoms with Gasteiger partial charge in [-0.15, -0.1) is 69.1 Å². The van der Waals surface area contributed by atoms with Gasteiger partial charge < -0.3 is 0 Å². The van der Waals surface area contributed by atoms with Gasteiger partial charge in [0.05, 0.1) is 0 Å². The fourth-order valence-corrected chi connectivity index (χ4v) is 8.69. The Morgan fingerprint density at radius 2 is 1.02 bits per heavy atom. The summed E-state index contributed by atoms with van der Waals surface area (Å²) in [5, 5.41) is 5.62. The second kappa shape index (κ2) is 21.9. The molecule has 0 saturated heterocycles. The van der Waals surface area contributed by atoms with Crippen LogP contribution in [0.2, 0.25) is 12.6 Å². The molecule has 0 aliphatic heterocycles. The third-order valence-corrected chi connectivity index (χ3v) is 11.8. The van der Waals surface area contributed by atoms with Crippen LogP contribution in [-0.2, 0) is 33.7 Å². The molecule has 0 bridgehead atoms. The molecule has 6 aromatic carbocycles. The first-order chi connectivity index (χ1) is 26.6.